The molecule has 0 unspecified atom stereocenters. The average molecular weight is 443 g/mol. The average Bonchev–Trinajstić information content (AvgIpc) is 2.68. The summed E-state index contributed by atoms with van der Waals surface area (Å²) in [6.45, 7) is 10.4. The van der Waals surface area contributed by atoms with Gasteiger partial charge in [-0.05, 0) is 62.1 Å². The minimum Gasteiger partial charge on any atom is -0.493 e. The summed E-state index contributed by atoms with van der Waals surface area (Å²) in [5, 5.41) is 12.2. The zero-order valence-electron chi connectivity index (χ0n) is 19.6. The third-order valence-electron chi connectivity index (χ3n) is 8.27. The fraction of sp³-hybridized carbons (Fsp3) is 0.615. The van der Waals surface area contributed by atoms with E-state index in [0.717, 1.165) is 24.6 Å². The first kappa shape index (κ1) is 22.8. The number of carbonyl (C=O) groups is 1. The van der Waals surface area contributed by atoms with Crippen molar-refractivity contribution in [1.82, 2.24) is 0 Å². The molecule has 0 radical (unpaired) electrons. The van der Waals surface area contributed by atoms with Crippen molar-refractivity contribution in [3.8, 4) is 5.75 Å². The van der Waals surface area contributed by atoms with E-state index in [-0.39, 0.29) is 34.7 Å². The first-order valence-corrected chi connectivity index (χ1v) is 11.5. The van der Waals surface area contributed by atoms with Gasteiger partial charge in [-0.1, -0.05) is 20.8 Å². The van der Waals surface area contributed by atoms with Crippen LogP contribution in [0.5, 0.6) is 5.75 Å². The second-order valence-electron chi connectivity index (χ2n) is 10.7. The van der Waals surface area contributed by atoms with Crippen LogP contribution >= 0.6 is 0 Å². The van der Waals surface area contributed by atoms with Gasteiger partial charge in [0.05, 0.1) is 12.2 Å². The quantitative estimate of drug-likeness (QED) is 0.545. The number of aliphatic hydroxyl groups is 1. The molecule has 5 atom stereocenters. The first-order chi connectivity index (χ1) is 14.9. The van der Waals surface area contributed by atoms with Gasteiger partial charge in [-0.2, -0.15) is 0 Å². The van der Waals surface area contributed by atoms with Crippen LogP contribution in [0, 0.1) is 22.7 Å². The number of benzene rings is 1. The van der Waals surface area contributed by atoms with Crippen molar-refractivity contribution in [3.63, 3.8) is 0 Å². The van der Waals surface area contributed by atoms with Crippen LogP contribution in [0.3, 0.4) is 0 Å². The Morgan fingerprint density at radius 2 is 1.84 bits per heavy atom. The molecular formula is C26H34O6. The Morgan fingerprint density at radius 1 is 1.12 bits per heavy atom. The van der Waals surface area contributed by atoms with Gasteiger partial charge in [0.2, 0.25) is 0 Å². The Kier molecular flexibility index (Phi) is 5.64. The van der Waals surface area contributed by atoms with Crippen LogP contribution in [0.4, 0.5) is 0 Å². The van der Waals surface area contributed by atoms with Crippen molar-refractivity contribution in [2.45, 2.75) is 72.0 Å². The van der Waals surface area contributed by atoms with Gasteiger partial charge in [0, 0.05) is 35.8 Å². The highest BCUT2D eigenvalue weighted by Crippen LogP contribution is 2.62. The summed E-state index contributed by atoms with van der Waals surface area (Å²) in [7, 11) is 0. The van der Waals surface area contributed by atoms with Crippen LogP contribution in [0.15, 0.2) is 39.5 Å². The van der Waals surface area contributed by atoms with Gasteiger partial charge < -0.3 is 19.0 Å². The molecule has 0 amide bonds. The molecule has 174 valence electrons. The molecule has 0 spiro atoms. The lowest BCUT2D eigenvalue weighted by molar-refractivity contribution is -0.210. The smallest absolute Gasteiger partial charge is 0.336 e. The van der Waals surface area contributed by atoms with Crippen LogP contribution < -0.4 is 10.4 Å². The highest BCUT2D eigenvalue weighted by Gasteiger charge is 2.61. The molecule has 4 rings (SSSR count). The summed E-state index contributed by atoms with van der Waals surface area (Å²) in [5.41, 5.74) is -1.13. The minimum atomic E-state index is -0.862. The van der Waals surface area contributed by atoms with E-state index in [2.05, 4.69) is 20.8 Å². The van der Waals surface area contributed by atoms with E-state index in [1.807, 2.05) is 19.1 Å². The van der Waals surface area contributed by atoms with Gasteiger partial charge in [0.1, 0.15) is 17.4 Å². The van der Waals surface area contributed by atoms with Gasteiger partial charge in [-0.25, -0.2) is 4.79 Å². The van der Waals surface area contributed by atoms with E-state index in [1.54, 1.807) is 12.1 Å². The van der Waals surface area contributed by atoms with Crippen molar-refractivity contribution in [3.05, 3.63) is 40.8 Å². The maximum Gasteiger partial charge on any atom is 0.336 e. The second kappa shape index (κ2) is 7.91. The zero-order valence-corrected chi connectivity index (χ0v) is 19.6. The summed E-state index contributed by atoms with van der Waals surface area (Å²) in [4.78, 5) is 23.2. The Bertz CT molecular complexity index is 1070. The van der Waals surface area contributed by atoms with Gasteiger partial charge in [-0.3, -0.25) is 4.79 Å². The van der Waals surface area contributed by atoms with Crippen LogP contribution in [-0.2, 0) is 9.53 Å². The maximum atomic E-state index is 11.7. The van der Waals surface area contributed by atoms with Crippen molar-refractivity contribution in [1.29, 1.82) is 0 Å². The second-order valence-corrected chi connectivity index (χ2v) is 10.7. The summed E-state index contributed by atoms with van der Waals surface area (Å²) in [6.07, 6.45) is 3.06. The van der Waals surface area contributed by atoms with E-state index in [4.69, 9.17) is 13.9 Å². The van der Waals surface area contributed by atoms with Crippen molar-refractivity contribution in [2.24, 2.45) is 22.7 Å². The standard InChI is InChI=1S/C26H34O6/c1-16(27)31-22-11-12-25(4)20(24(22,2)3)10-13-26(5,29)21(25)15-30-18-8-6-17-7-9-23(28)32-19(17)14-18/h6-9,14,20-22,29H,10-13,15H2,1-5H3/t20-,21-,22-,25+,26-/m1/s1. The van der Waals surface area contributed by atoms with E-state index in [9.17, 15) is 14.7 Å². The Labute approximate surface area is 188 Å². The molecule has 32 heavy (non-hydrogen) atoms. The lowest BCUT2D eigenvalue weighted by Crippen LogP contribution is -2.62. The van der Waals surface area contributed by atoms with Gasteiger partial charge in [0.15, 0.2) is 0 Å². The molecular weight excluding hydrogens is 408 g/mol. The van der Waals surface area contributed by atoms with Gasteiger partial charge >= 0.3 is 11.6 Å². The molecule has 2 aliphatic rings. The molecule has 0 saturated heterocycles. The molecule has 0 aliphatic heterocycles. The molecule has 1 aromatic heterocycles. The van der Waals surface area contributed by atoms with Gasteiger partial charge in [0.25, 0.3) is 0 Å². The number of esters is 1. The van der Waals surface area contributed by atoms with Crippen LogP contribution in [0.1, 0.15) is 60.3 Å². The largest absolute Gasteiger partial charge is 0.493 e. The molecule has 1 heterocycles. The molecule has 1 aromatic carbocycles. The predicted molar refractivity (Wildman–Crippen MR) is 121 cm³/mol. The van der Waals surface area contributed by atoms with Gasteiger partial charge in [-0.15, -0.1) is 0 Å². The molecule has 2 fully saturated rings. The van der Waals surface area contributed by atoms with Crippen molar-refractivity contribution < 1.29 is 23.8 Å². The number of ether oxygens (including phenoxy) is 2. The molecule has 6 nitrogen and oxygen atoms in total. The van der Waals surface area contributed by atoms with Crippen LogP contribution in [0.2, 0.25) is 0 Å². The summed E-state index contributed by atoms with van der Waals surface area (Å²) >= 11 is 0. The van der Waals surface area contributed by atoms with Crippen molar-refractivity contribution in [2.75, 3.05) is 6.61 Å². The number of carbonyl (C=O) groups excluding carboxylic acids is 1. The van der Waals surface area contributed by atoms with E-state index < -0.39 is 11.2 Å². The Morgan fingerprint density at radius 3 is 2.56 bits per heavy atom. The van der Waals surface area contributed by atoms with E-state index >= 15 is 0 Å². The monoisotopic (exact) mass is 442 g/mol. The lowest BCUT2D eigenvalue weighted by Gasteiger charge is -2.62. The number of rotatable bonds is 4. The van der Waals surface area contributed by atoms with E-state index in [0.29, 0.717) is 24.4 Å². The predicted octanol–water partition coefficient (Wildman–Crippen LogP) is 4.71. The normalized spacial score (nSPS) is 34.0. The highest BCUT2D eigenvalue weighted by atomic mass is 16.5. The maximum absolute atomic E-state index is 11.7. The minimum absolute atomic E-state index is 0.0928. The summed E-state index contributed by atoms with van der Waals surface area (Å²) in [6, 6.07) is 8.59. The zero-order chi connectivity index (χ0) is 23.3. The molecule has 0 bridgehead atoms. The molecule has 2 aliphatic carbocycles. The fourth-order valence-corrected chi connectivity index (χ4v) is 6.59. The topological polar surface area (TPSA) is 86.0 Å². The third-order valence-corrected chi connectivity index (χ3v) is 8.27. The summed E-state index contributed by atoms with van der Waals surface area (Å²) in [5.74, 6) is 0.569. The summed E-state index contributed by atoms with van der Waals surface area (Å²) < 4.78 is 17.2. The Balaban J connectivity index is 1.59. The molecule has 6 heteroatoms. The first-order valence-electron chi connectivity index (χ1n) is 11.5. The molecule has 2 saturated carbocycles. The number of fused-ring (bicyclic) bond motifs is 2. The molecule has 2 aromatic rings. The third kappa shape index (κ3) is 3.94. The lowest BCUT2D eigenvalue weighted by atomic mass is 9.45. The fourth-order valence-electron chi connectivity index (χ4n) is 6.59. The number of hydrogen-bond acceptors (Lipinski definition) is 6. The SMILES string of the molecule is CC(=O)O[C@@H]1CC[C@@]2(C)[C@H](CC[C@@](C)(O)[C@@H]2COc2ccc3ccc(=O)oc3c2)C1(C)C. The Hall–Kier alpha value is -2.34. The van der Waals surface area contributed by atoms with Crippen LogP contribution in [0.25, 0.3) is 11.0 Å². The molecule has 1 N–H and O–H groups in total. The highest BCUT2D eigenvalue weighted by molar-refractivity contribution is 5.77. The number of hydrogen-bond donors (Lipinski definition) is 1. The van der Waals surface area contributed by atoms with E-state index in [1.165, 1.54) is 13.0 Å². The van der Waals surface area contributed by atoms with Crippen LogP contribution in [-0.4, -0.2) is 29.4 Å². The van der Waals surface area contributed by atoms with Crippen molar-refractivity contribution >= 4 is 16.9 Å².